The van der Waals surface area contributed by atoms with E-state index in [9.17, 15) is 15.2 Å². The summed E-state index contributed by atoms with van der Waals surface area (Å²) >= 11 is 0. The van der Waals surface area contributed by atoms with Gasteiger partial charge in [0.1, 0.15) is 5.60 Å². The summed E-state index contributed by atoms with van der Waals surface area (Å²) in [4.78, 5) is 11.1. The van der Waals surface area contributed by atoms with Crippen LogP contribution in [0.4, 0.5) is 0 Å². The molecule has 0 unspecified atom stereocenters. The Morgan fingerprint density at radius 3 is 2.44 bits per heavy atom. The summed E-state index contributed by atoms with van der Waals surface area (Å²) in [7, 11) is 0. The SMILES string of the molecule is N#CC1([C@@](O)(/C=C/c2cccc(C(=O)O)c2)c2ccccc2)CCC1. The average molecular weight is 333 g/mol. The molecule has 0 saturated heterocycles. The van der Waals surface area contributed by atoms with Crippen molar-refractivity contribution in [2.24, 2.45) is 5.41 Å². The van der Waals surface area contributed by atoms with Gasteiger partial charge in [0.15, 0.2) is 0 Å². The van der Waals surface area contributed by atoms with Crippen LogP contribution in [0, 0.1) is 16.7 Å². The van der Waals surface area contributed by atoms with Crippen molar-refractivity contribution in [1.82, 2.24) is 0 Å². The van der Waals surface area contributed by atoms with Gasteiger partial charge in [-0.3, -0.25) is 0 Å². The molecule has 4 heteroatoms. The van der Waals surface area contributed by atoms with Crippen LogP contribution < -0.4 is 0 Å². The van der Waals surface area contributed by atoms with Crippen LogP contribution in [0.25, 0.3) is 6.08 Å². The Balaban J connectivity index is 2.03. The Labute approximate surface area is 146 Å². The molecule has 0 aromatic heterocycles. The fourth-order valence-corrected chi connectivity index (χ4v) is 3.32. The number of carboxylic acids is 1. The highest BCUT2D eigenvalue weighted by molar-refractivity contribution is 5.88. The van der Waals surface area contributed by atoms with Crippen LogP contribution in [-0.4, -0.2) is 16.2 Å². The van der Waals surface area contributed by atoms with E-state index in [4.69, 9.17) is 5.11 Å². The van der Waals surface area contributed by atoms with Gasteiger partial charge in [-0.25, -0.2) is 4.79 Å². The molecule has 0 aliphatic heterocycles. The molecule has 0 radical (unpaired) electrons. The van der Waals surface area contributed by atoms with Gasteiger partial charge in [-0.15, -0.1) is 0 Å². The molecule has 1 saturated carbocycles. The normalized spacial score (nSPS) is 18.1. The predicted octanol–water partition coefficient (Wildman–Crippen LogP) is 3.98. The van der Waals surface area contributed by atoms with Gasteiger partial charge in [-0.2, -0.15) is 5.26 Å². The van der Waals surface area contributed by atoms with Crippen LogP contribution in [0.1, 0.15) is 40.7 Å². The standard InChI is InChI=1S/C21H19NO3/c22-15-20(11-5-12-20)21(25,18-8-2-1-3-9-18)13-10-16-6-4-7-17(14-16)19(23)24/h1-4,6-10,13-14,25H,5,11-12H2,(H,23,24)/b13-10+/t21-/m1/s1. The Morgan fingerprint density at radius 1 is 1.16 bits per heavy atom. The van der Waals surface area contributed by atoms with Crippen molar-refractivity contribution in [2.75, 3.05) is 0 Å². The Hall–Kier alpha value is -2.90. The lowest BCUT2D eigenvalue weighted by Gasteiger charge is -2.47. The highest BCUT2D eigenvalue weighted by atomic mass is 16.4. The molecule has 1 fully saturated rings. The third kappa shape index (κ3) is 2.95. The molecular formula is C21H19NO3. The zero-order chi connectivity index (χ0) is 17.9. The molecule has 3 rings (SSSR count). The molecule has 0 spiro atoms. The van der Waals surface area contributed by atoms with Gasteiger partial charge in [0.25, 0.3) is 0 Å². The van der Waals surface area contributed by atoms with Gasteiger partial charge in [-0.05, 0) is 48.6 Å². The number of aliphatic hydroxyl groups is 1. The first-order valence-electron chi connectivity index (χ1n) is 8.22. The van der Waals surface area contributed by atoms with Gasteiger partial charge in [0.05, 0.1) is 17.0 Å². The molecule has 4 nitrogen and oxygen atoms in total. The summed E-state index contributed by atoms with van der Waals surface area (Å²) in [5, 5.41) is 30.3. The number of hydrogen-bond acceptors (Lipinski definition) is 3. The van der Waals surface area contributed by atoms with Crippen LogP contribution in [0.15, 0.2) is 60.7 Å². The second kappa shape index (κ2) is 6.54. The smallest absolute Gasteiger partial charge is 0.335 e. The lowest BCUT2D eigenvalue weighted by atomic mass is 9.57. The van der Waals surface area contributed by atoms with Crippen LogP contribution in [0.3, 0.4) is 0 Å². The van der Waals surface area contributed by atoms with E-state index in [0.29, 0.717) is 24.0 Å². The van der Waals surface area contributed by atoms with Gasteiger partial charge in [0.2, 0.25) is 0 Å². The van der Waals surface area contributed by atoms with Crippen LogP contribution >= 0.6 is 0 Å². The molecule has 25 heavy (non-hydrogen) atoms. The molecule has 0 amide bonds. The minimum absolute atomic E-state index is 0.184. The second-order valence-electron chi connectivity index (χ2n) is 6.44. The number of hydrogen-bond donors (Lipinski definition) is 2. The lowest BCUT2D eigenvalue weighted by molar-refractivity contribution is -0.0606. The fraction of sp³-hybridized carbons (Fsp3) is 0.238. The minimum atomic E-state index is -1.42. The van der Waals surface area contributed by atoms with E-state index in [-0.39, 0.29) is 5.56 Å². The molecule has 2 aromatic carbocycles. The van der Waals surface area contributed by atoms with E-state index >= 15 is 0 Å². The Morgan fingerprint density at radius 2 is 1.88 bits per heavy atom. The monoisotopic (exact) mass is 333 g/mol. The van der Waals surface area contributed by atoms with E-state index < -0.39 is 17.0 Å². The molecule has 0 bridgehead atoms. The molecule has 1 aliphatic rings. The van der Waals surface area contributed by atoms with Crippen molar-refractivity contribution in [3.05, 3.63) is 77.4 Å². The van der Waals surface area contributed by atoms with Crippen molar-refractivity contribution in [1.29, 1.82) is 5.26 Å². The highest BCUT2D eigenvalue weighted by Gasteiger charge is 2.54. The van der Waals surface area contributed by atoms with Crippen molar-refractivity contribution in [2.45, 2.75) is 24.9 Å². The second-order valence-corrected chi connectivity index (χ2v) is 6.44. The maximum Gasteiger partial charge on any atom is 0.335 e. The summed E-state index contributed by atoms with van der Waals surface area (Å²) in [6.07, 6.45) is 5.50. The molecule has 1 aliphatic carbocycles. The van der Waals surface area contributed by atoms with Crippen LogP contribution in [-0.2, 0) is 5.60 Å². The number of benzene rings is 2. The first-order valence-corrected chi connectivity index (χ1v) is 8.22. The maximum atomic E-state index is 11.5. The van der Waals surface area contributed by atoms with Crippen molar-refractivity contribution < 1.29 is 15.0 Å². The van der Waals surface area contributed by atoms with E-state index in [2.05, 4.69) is 6.07 Å². The lowest BCUT2D eigenvalue weighted by Crippen LogP contribution is -2.48. The third-order valence-corrected chi connectivity index (χ3v) is 5.02. The average Bonchev–Trinajstić information content (AvgIpc) is 2.60. The third-order valence-electron chi connectivity index (χ3n) is 5.02. The number of nitrogens with zero attached hydrogens (tertiary/aromatic N) is 1. The molecule has 2 N–H and O–H groups in total. The Bertz CT molecular complexity index is 847. The number of carboxylic acid groups (broad SMARTS) is 1. The van der Waals surface area contributed by atoms with E-state index in [1.54, 1.807) is 30.4 Å². The molecule has 0 heterocycles. The van der Waals surface area contributed by atoms with Gasteiger partial charge >= 0.3 is 5.97 Å². The van der Waals surface area contributed by atoms with Crippen molar-refractivity contribution in [3.8, 4) is 6.07 Å². The van der Waals surface area contributed by atoms with Crippen molar-refractivity contribution in [3.63, 3.8) is 0 Å². The fourth-order valence-electron chi connectivity index (χ4n) is 3.32. The maximum absolute atomic E-state index is 11.5. The first kappa shape index (κ1) is 16.9. The van der Waals surface area contributed by atoms with Crippen LogP contribution in [0.5, 0.6) is 0 Å². The van der Waals surface area contributed by atoms with E-state index in [0.717, 1.165) is 6.42 Å². The van der Waals surface area contributed by atoms with E-state index in [1.165, 1.54) is 6.07 Å². The van der Waals surface area contributed by atoms with Gasteiger partial charge < -0.3 is 10.2 Å². The quantitative estimate of drug-likeness (QED) is 0.867. The zero-order valence-corrected chi connectivity index (χ0v) is 13.7. The van der Waals surface area contributed by atoms with Crippen molar-refractivity contribution >= 4 is 12.0 Å². The molecule has 1 atom stereocenters. The number of nitriles is 1. The summed E-state index contributed by atoms with van der Waals surface area (Å²) in [6, 6.07) is 18.0. The zero-order valence-electron chi connectivity index (χ0n) is 13.7. The summed E-state index contributed by atoms with van der Waals surface area (Å²) in [6.45, 7) is 0. The van der Waals surface area contributed by atoms with Crippen LogP contribution in [0.2, 0.25) is 0 Å². The first-order chi connectivity index (χ1) is 12.0. The highest BCUT2D eigenvalue weighted by Crippen LogP contribution is 2.54. The van der Waals surface area contributed by atoms with Gasteiger partial charge in [0, 0.05) is 0 Å². The molecule has 126 valence electrons. The number of carbonyl (C=O) groups is 1. The summed E-state index contributed by atoms with van der Waals surface area (Å²) < 4.78 is 0. The summed E-state index contributed by atoms with van der Waals surface area (Å²) in [5.41, 5.74) is -0.747. The number of rotatable bonds is 5. The van der Waals surface area contributed by atoms with E-state index in [1.807, 2.05) is 30.3 Å². The molecular weight excluding hydrogens is 314 g/mol. The molecule has 2 aromatic rings. The topological polar surface area (TPSA) is 81.3 Å². The largest absolute Gasteiger partial charge is 0.478 e. The summed E-state index contributed by atoms with van der Waals surface area (Å²) in [5.74, 6) is -0.999. The van der Waals surface area contributed by atoms with Gasteiger partial charge in [-0.1, -0.05) is 48.5 Å². The Kier molecular flexibility index (Phi) is 4.43. The minimum Gasteiger partial charge on any atom is -0.478 e. The predicted molar refractivity (Wildman–Crippen MR) is 94.7 cm³/mol. The number of aromatic carboxylic acids is 1.